The van der Waals surface area contributed by atoms with Gasteiger partial charge in [0.25, 0.3) is 0 Å². The first-order valence-electron chi connectivity index (χ1n) is 7.74. The van der Waals surface area contributed by atoms with Crippen molar-refractivity contribution in [2.75, 3.05) is 33.8 Å². The normalized spacial score (nSPS) is 17.1. The molecule has 2 rings (SSSR count). The molecule has 1 aliphatic rings. The van der Waals surface area contributed by atoms with Gasteiger partial charge in [-0.2, -0.15) is 0 Å². The number of thiazole rings is 1. The number of nitrogens with zero attached hydrogens (tertiary/aromatic N) is 2. The number of ether oxygens (including phenoxy) is 1. The second-order valence-corrected chi connectivity index (χ2v) is 6.92. The Morgan fingerprint density at radius 2 is 2.14 bits per heavy atom. The quantitative estimate of drug-likeness (QED) is 0.792. The molecule has 7 heteroatoms. The first kappa shape index (κ1) is 17.2. The van der Waals surface area contributed by atoms with Crippen molar-refractivity contribution in [3.8, 4) is 0 Å². The van der Waals surface area contributed by atoms with Crippen molar-refractivity contribution in [3.63, 3.8) is 0 Å². The van der Waals surface area contributed by atoms with Gasteiger partial charge in [0.2, 0.25) is 0 Å². The highest BCUT2D eigenvalue weighted by Gasteiger charge is 2.22. The van der Waals surface area contributed by atoms with E-state index in [4.69, 9.17) is 4.74 Å². The van der Waals surface area contributed by atoms with Crippen LogP contribution >= 0.6 is 11.3 Å². The van der Waals surface area contributed by atoms with Crippen LogP contribution in [0, 0.1) is 0 Å². The van der Waals surface area contributed by atoms with E-state index < -0.39 is 0 Å². The number of nitrogens with one attached hydrogen (secondary N) is 1. The lowest BCUT2D eigenvalue weighted by atomic mass is 10.0. The number of piperidine rings is 1. The van der Waals surface area contributed by atoms with Gasteiger partial charge >= 0.3 is 10.8 Å². The zero-order valence-corrected chi connectivity index (χ0v) is 14.4. The maximum Gasteiger partial charge on any atom is 0.311 e. The lowest BCUT2D eigenvalue weighted by Crippen LogP contribution is -2.41. The van der Waals surface area contributed by atoms with Crippen LogP contribution in [0.5, 0.6) is 0 Å². The minimum Gasteiger partial charge on any atom is -0.466 e. The van der Waals surface area contributed by atoms with Crippen LogP contribution in [0.4, 0.5) is 0 Å². The highest BCUT2D eigenvalue weighted by Crippen LogP contribution is 2.19. The Labute approximate surface area is 135 Å². The number of carbonyl (C=O) groups is 1. The molecule has 0 amide bonds. The molecule has 0 saturated carbocycles. The van der Waals surface area contributed by atoms with Gasteiger partial charge in [0.05, 0.1) is 13.0 Å². The summed E-state index contributed by atoms with van der Waals surface area (Å²) in [4.78, 5) is 31.5. The second-order valence-electron chi connectivity index (χ2n) is 5.85. The summed E-state index contributed by atoms with van der Waals surface area (Å²) in [7, 11) is 4.24. The number of rotatable bonds is 6. The van der Waals surface area contributed by atoms with Crippen molar-refractivity contribution in [2.45, 2.75) is 38.8 Å². The monoisotopic (exact) mass is 327 g/mol. The summed E-state index contributed by atoms with van der Waals surface area (Å²) in [5.41, 5.74) is 0.702. The number of H-pyrrole nitrogens is 1. The topological polar surface area (TPSA) is 65.6 Å². The number of hydrogen-bond donors (Lipinski definition) is 1. The Morgan fingerprint density at radius 3 is 2.77 bits per heavy atom. The highest BCUT2D eigenvalue weighted by atomic mass is 32.1. The van der Waals surface area contributed by atoms with E-state index in [1.54, 1.807) is 6.92 Å². The van der Waals surface area contributed by atoms with Crippen LogP contribution < -0.4 is 4.87 Å². The van der Waals surface area contributed by atoms with Gasteiger partial charge in [-0.05, 0) is 47.0 Å². The summed E-state index contributed by atoms with van der Waals surface area (Å²) in [6.45, 7) is 5.05. The minimum atomic E-state index is -0.292. The summed E-state index contributed by atoms with van der Waals surface area (Å²) in [6.07, 6.45) is 2.42. The van der Waals surface area contributed by atoms with E-state index in [-0.39, 0.29) is 17.3 Å². The molecule has 0 aliphatic carbocycles. The molecule has 1 N–H and O–H groups in total. The Balaban J connectivity index is 1.99. The Bertz CT molecular complexity index is 546. The Morgan fingerprint density at radius 1 is 1.45 bits per heavy atom. The number of carbonyl (C=O) groups excluding carboxylic acids is 1. The van der Waals surface area contributed by atoms with Crippen LogP contribution in [-0.2, 0) is 22.5 Å². The van der Waals surface area contributed by atoms with Crippen molar-refractivity contribution < 1.29 is 9.53 Å². The summed E-state index contributed by atoms with van der Waals surface area (Å²) in [5.74, 6) is -0.292. The van der Waals surface area contributed by atoms with Crippen molar-refractivity contribution >= 4 is 17.3 Å². The highest BCUT2D eigenvalue weighted by molar-refractivity contribution is 7.09. The third-order valence-electron chi connectivity index (χ3n) is 4.14. The molecule has 6 nitrogen and oxygen atoms in total. The summed E-state index contributed by atoms with van der Waals surface area (Å²) in [5, 5.41) is 0. The van der Waals surface area contributed by atoms with Crippen LogP contribution in [0.3, 0.4) is 0 Å². The van der Waals surface area contributed by atoms with Crippen molar-refractivity contribution in [2.24, 2.45) is 0 Å². The smallest absolute Gasteiger partial charge is 0.311 e. The number of hydrogen-bond acceptors (Lipinski definition) is 6. The van der Waals surface area contributed by atoms with Gasteiger partial charge in [0, 0.05) is 23.2 Å². The summed E-state index contributed by atoms with van der Waals surface area (Å²) < 4.78 is 4.97. The van der Waals surface area contributed by atoms with Crippen LogP contribution in [-0.4, -0.2) is 60.6 Å². The number of aromatic nitrogens is 1. The molecule has 1 aliphatic heterocycles. The fourth-order valence-electron chi connectivity index (χ4n) is 2.81. The molecule has 0 spiro atoms. The summed E-state index contributed by atoms with van der Waals surface area (Å²) >= 11 is 1.20. The second kappa shape index (κ2) is 7.89. The molecule has 0 unspecified atom stereocenters. The molecule has 0 atom stereocenters. The largest absolute Gasteiger partial charge is 0.466 e. The molecule has 1 aromatic heterocycles. The number of esters is 1. The van der Waals surface area contributed by atoms with Gasteiger partial charge in [-0.15, -0.1) is 0 Å². The van der Waals surface area contributed by atoms with Crippen LogP contribution in [0.15, 0.2) is 4.79 Å². The fourth-order valence-corrected chi connectivity index (χ4v) is 3.72. The van der Waals surface area contributed by atoms with Crippen molar-refractivity contribution in [1.82, 2.24) is 14.8 Å². The molecule has 1 aromatic rings. The zero-order chi connectivity index (χ0) is 16.1. The van der Waals surface area contributed by atoms with E-state index >= 15 is 0 Å². The van der Waals surface area contributed by atoms with Gasteiger partial charge in [0.15, 0.2) is 0 Å². The molecule has 1 saturated heterocycles. The lowest BCUT2D eigenvalue weighted by Gasteiger charge is -2.35. The van der Waals surface area contributed by atoms with Crippen LogP contribution in [0.1, 0.15) is 30.3 Å². The minimum absolute atomic E-state index is 0.105. The van der Waals surface area contributed by atoms with Gasteiger partial charge in [-0.25, -0.2) is 0 Å². The van der Waals surface area contributed by atoms with E-state index in [9.17, 15) is 9.59 Å². The predicted molar refractivity (Wildman–Crippen MR) is 87.3 cm³/mol. The van der Waals surface area contributed by atoms with Gasteiger partial charge in [-0.3, -0.25) is 14.5 Å². The maximum atomic E-state index is 11.6. The molecule has 2 heterocycles. The average Bonchev–Trinajstić information content (AvgIpc) is 2.79. The van der Waals surface area contributed by atoms with E-state index in [0.717, 1.165) is 30.8 Å². The lowest BCUT2D eigenvalue weighted by molar-refractivity contribution is -0.142. The first-order chi connectivity index (χ1) is 10.5. The van der Waals surface area contributed by atoms with Crippen molar-refractivity contribution in [3.05, 3.63) is 20.2 Å². The molecule has 0 aromatic carbocycles. The fraction of sp³-hybridized carbons (Fsp3) is 0.733. The standard InChI is InChI=1S/C15H25N3O3S/c1-4-21-14(19)9-12-13(22-15(20)16-12)10-18(3)11-5-7-17(2)8-6-11/h11H,4-10H2,1-3H3,(H,16,20). The maximum absolute atomic E-state index is 11.6. The Hall–Kier alpha value is -1.18. The Kier molecular flexibility index (Phi) is 6.16. The zero-order valence-electron chi connectivity index (χ0n) is 13.6. The van der Waals surface area contributed by atoms with Gasteiger partial charge in [0.1, 0.15) is 0 Å². The van der Waals surface area contributed by atoms with Gasteiger partial charge < -0.3 is 14.6 Å². The van der Waals surface area contributed by atoms with Crippen LogP contribution in [0.25, 0.3) is 0 Å². The van der Waals surface area contributed by atoms with E-state index in [1.807, 2.05) is 0 Å². The van der Waals surface area contributed by atoms with Gasteiger partial charge in [-0.1, -0.05) is 11.3 Å². The molecule has 124 valence electrons. The molecular weight excluding hydrogens is 302 g/mol. The average molecular weight is 327 g/mol. The van der Waals surface area contributed by atoms with Crippen LogP contribution in [0.2, 0.25) is 0 Å². The molecule has 22 heavy (non-hydrogen) atoms. The third kappa shape index (κ3) is 4.66. The number of likely N-dealkylation sites (tertiary alicyclic amines) is 1. The summed E-state index contributed by atoms with van der Waals surface area (Å²) in [6, 6.07) is 0.531. The van der Waals surface area contributed by atoms with E-state index in [2.05, 4.69) is 28.9 Å². The molecule has 1 fully saturated rings. The molecule has 0 bridgehead atoms. The van der Waals surface area contributed by atoms with Crippen molar-refractivity contribution in [1.29, 1.82) is 0 Å². The van der Waals surface area contributed by atoms with E-state index in [0.29, 0.717) is 24.9 Å². The van der Waals surface area contributed by atoms with E-state index in [1.165, 1.54) is 11.3 Å². The third-order valence-corrected chi connectivity index (χ3v) is 5.05. The SMILES string of the molecule is CCOC(=O)Cc1[nH]c(=O)sc1CN(C)C1CCN(C)CC1. The predicted octanol–water partition coefficient (Wildman–Crippen LogP) is 1.07. The molecular formula is C15H25N3O3S. The first-order valence-corrected chi connectivity index (χ1v) is 8.56. The molecule has 0 radical (unpaired) electrons. The number of aromatic amines is 1.